The van der Waals surface area contributed by atoms with Gasteiger partial charge in [0.05, 0.1) is 0 Å². The molecule has 0 saturated heterocycles. The Morgan fingerprint density at radius 2 is 2.00 bits per heavy atom. The van der Waals surface area contributed by atoms with Gasteiger partial charge in [-0.15, -0.1) is 0 Å². The maximum Gasteiger partial charge on any atom is 0.123 e. The van der Waals surface area contributed by atoms with Crippen LogP contribution in [0.15, 0.2) is 0 Å². The van der Waals surface area contributed by atoms with E-state index in [0.29, 0.717) is 11.6 Å². The van der Waals surface area contributed by atoms with Gasteiger partial charge in [-0.05, 0) is 18.8 Å². The van der Waals surface area contributed by atoms with E-state index in [-0.39, 0.29) is 0 Å². The average Bonchev–Trinajstić information content (AvgIpc) is 2.11. The second-order valence-corrected chi connectivity index (χ2v) is 11.3. The minimum absolute atomic E-state index is 0.436. The lowest BCUT2D eigenvalue weighted by molar-refractivity contribution is 0.622. The molecule has 2 atom stereocenters. The van der Waals surface area contributed by atoms with Crippen molar-refractivity contribution in [3.05, 3.63) is 0 Å². The summed E-state index contributed by atoms with van der Waals surface area (Å²) in [6.45, 7) is 2.20. The van der Waals surface area contributed by atoms with Crippen molar-refractivity contribution in [3.8, 4) is 0 Å². The predicted molar refractivity (Wildman–Crippen MR) is 52.8 cm³/mol. The topological polar surface area (TPSA) is 0 Å². The monoisotopic (exact) mass is 216 g/mol. The summed E-state index contributed by atoms with van der Waals surface area (Å²) in [5, 5.41) is 0. The summed E-state index contributed by atoms with van der Waals surface area (Å²) in [6, 6.07) is 0. The molecule has 0 aromatic heterocycles. The Labute approximate surface area is 76.9 Å². The van der Waals surface area contributed by atoms with Gasteiger partial charge in [0.15, 0.2) is 0 Å². The van der Waals surface area contributed by atoms with E-state index in [1.807, 2.05) is 0 Å². The standard InChI is InChI=1S/C6H11Cl2PS/c1-5-3-2-4-6(5)9(7,8)10/h5-6H,2-4H2,1H3/t5-,6+/m0/s1. The van der Waals surface area contributed by atoms with Gasteiger partial charge in [-0.1, -0.05) is 47.6 Å². The molecular weight excluding hydrogens is 206 g/mol. The van der Waals surface area contributed by atoms with Crippen LogP contribution in [0.1, 0.15) is 26.2 Å². The smallest absolute Gasteiger partial charge is 0.0680 e. The van der Waals surface area contributed by atoms with E-state index in [9.17, 15) is 0 Å². The fraction of sp³-hybridized carbons (Fsp3) is 1.00. The van der Waals surface area contributed by atoms with Gasteiger partial charge in [-0.25, -0.2) is 0 Å². The van der Waals surface area contributed by atoms with Crippen molar-refractivity contribution in [2.45, 2.75) is 31.8 Å². The second-order valence-electron chi connectivity index (χ2n) is 2.98. The highest BCUT2D eigenvalue weighted by molar-refractivity contribution is 8.39. The lowest BCUT2D eigenvalue weighted by Crippen LogP contribution is -2.05. The zero-order valence-electron chi connectivity index (χ0n) is 5.89. The molecule has 1 aliphatic carbocycles. The Kier molecular flexibility index (Phi) is 3.08. The molecule has 1 fully saturated rings. The molecule has 60 valence electrons. The van der Waals surface area contributed by atoms with Crippen LogP contribution in [0.25, 0.3) is 0 Å². The van der Waals surface area contributed by atoms with Gasteiger partial charge in [-0.3, -0.25) is 0 Å². The first-order valence-corrected chi connectivity index (χ1v) is 8.19. The molecule has 0 spiro atoms. The molecule has 0 bridgehead atoms. The zero-order chi connectivity index (χ0) is 7.78. The van der Waals surface area contributed by atoms with E-state index in [1.165, 1.54) is 12.8 Å². The van der Waals surface area contributed by atoms with Crippen molar-refractivity contribution in [2.75, 3.05) is 0 Å². The van der Waals surface area contributed by atoms with Crippen LogP contribution in [0, 0.1) is 5.92 Å². The van der Waals surface area contributed by atoms with E-state index in [1.54, 1.807) is 0 Å². The molecule has 0 radical (unpaired) electrons. The number of hydrogen-bond acceptors (Lipinski definition) is 1. The fourth-order valence-corrected chi connectivity index (χ4v) is 5.48. The molecule has 1 saturated carbocycles. The van der Waals surface area contributed by atoms with Crippen molar-refractivity contribution < 1.29 is 0 Å². The van der Waals surface area contributed by atoms with Crippen LogP contribution in [0.5, 0.6) is 0 Å². The third-order valence-corrected chi connectivity index (χ3v) is 6.06. The highest BCUT2D eigenvalue weighted by atomic mass is 35.9. The van der Waals surface area contributed by atoms with Crippen LogP contribution in [0.4, 0.5) is 0 Å². The summed E-state index contributed by atoms with van der Waals surface area (Å²) < 4.78 is -1.99. The predicted octanol–water partition coefficient (Wildman–Crippen LogP) is 3.96. The summed E-state index contributed by atoms with van der Waals surface area (Å²) in [5.74, 6) is 0.654. The first kappa shape index (κ1) is 9.32. The third-order valence-electron chi connectivity index (χ3n) is 2.20. The van der Waals surface area contributed by atoms with Crippen LogP contribution in [-0.2, 0) is 11.8 Å². The van der Waals surface area contributed by atoms with Gasteiger partial charge in [0.2, 0.25) is 0 Å². The molecule has 0 nitrogen and oxygen atoms in total. The molecule has 1 rings (SSSR count). The zero-order valence-corrected chi connectivity index (χ0v) is 9.11. The lowest BCUT2D eigenvalue weighted by Gasteiger charge is -2.18. The molecule has 0 N–H and O–H groups in total. The first-order valence-electron chi connectivity index (χ1n) is 3.51. The van der Waals surface area contributed by atoms with E-state index < -0.39 is 4.74 Å². The van der Waals surface area contributed by atoms with Crippen molar-refractivity contribution >= 4 is 39.0 Å². The van der Waals surface area contributed by atoms with Gasteiger partial charge in [0.25, 0.3) is 0 Å². The molecule has 0 aromatic carbocycles. The maximum atomic E-state index is 5.93. The van der Waals surface area contributed by atoms with Crippen molar-refractivity contribution in [3.63, 3.8) is 0 Å². The molecule has 0 aromatic rings. The van der Waals surface area contributed by atoms with Crippen LogP contribution in [0.3, 0.4) is 0 Å². The van der Waals surface area contributed by atoms with Gasteiger partial charge < -0.3 is 0 Å². The number of rotatable bonds is 1. The summed E-state index contributed by atoms with van der Waals surface area (Å²) in [6.07, 6.45) is 3.65. The lowest BCUT2D eigenvalue weighted by atomic mass is 10.1. The molecule has 4 heteroatoms. The van der Waals surface area contributed by atoms with Crippen LogP contribution in [0.2, 0.25) is 0 Å². The number of hydrogen-bond donors (Lipinski definition) is 0. The molecular formula is C6H11Cl2PS. The first-order chi connectivity index (χ1) is 4.52. The summed E-state index contributed by atoms with van der Waals surface area (Å²) in [5.41, 5.74) is 0.436. The third kappa shape index (κ3) is 2.11. The Bertz CT molecular complexity index is 165. The minimum atomic E-state index is -1.99. The van der Waals surface area contributed by atoms with Crippen LogP contribution < -0.4 is 0 Å². The average molecular weight is 217 g/mol. The van der Waals surface area contributed by atoms with Crippen molar-refractivity contribution in [1.82, 2.24) is 0 Å². The van der Waals surface area contributed by atoms with Crippen molar-refractivity contribution in [2.24, 2.45) is 5.92 Å². The molecule has 0 aliphatic heterocycles. The SMILES string of the molecule is C[C@H]1CCC[C@H]1P(=S)(Cl)Cl. The summed E-state index contributed by atoms with van der Waals surface area (Å²) in [4.78, 5) is 0. The Hall–Kier alpha value is 1.23. The Balaban J connectivity index is 2.64. The molecule has 0 heterocycles. The molecule has 1 aliphatic rings. The Morgan fingerprint density at radius 1 is 1.40 bits per heavy atom. The van der Waals surface area contributed by atoms with Gasteiger partial charge >= 0.3 is 0 Å². The summed E-state index contributed by atoms with van der Waals surface area (Å²) >= 11 is 16.9. The number of halogens is 2. The minimum Gasteiger partial charge on any atom is -0.0680 e. The van der Waals surface area contributed by atoms with Crippen LogP contribution >= 0.6 is 27.2 Å². The van der Waals surface area contributed by atoms with Gasteiger partial charge in [0, 0.05) is 5.66 Å². The second kappa shape index (κ2) is 3.31. The van der Waals surface area contributed by atoms with E-state index in [2.05, 4.69) is 6.92 Å². The largest absolute Gasteiger partial charge is 0.123 e. The molecule has 0 amide bonds. The molecule has 0 unspecified atom stereocenters. The quantitative estimate of drug-likeness (QED) is 0.599. The van der Waals surface area contributed by atoms with E-state index in [4.69, 9.17) is 34.3 Å². The normalized spacial score (nSPS) is 34.7. The van der Waals surface area contributed by atoms with Crippen LogP contribution in [-0.4, -0.2) is 5.66 Å². The van der Waals surface area contributed by atoms with Gasteiger partial charge in [-0.2, -0.15) is 0 Å². The van der Waals surface area contributed by atoms with E-state index in [0.717, 1.165) is 6.42 Å². The van der Waals surface area contributed by atoms with Gasteiger partial charge in [0.1, 0.15) is 4.74 Å². The Morgan fingerprint density at radius 3 is 2.20 bits per heavy atom. The highest BCUT2D eigenvalue weighted by Crippen LogP contribution is 2.66. The highest BCUT2D eigenvalue weighted by Gasteiger charge is 2.33. The molecule has 10 heavy (non-hydrogen) atoms. The summed E-state index contributed by atoms with van der Waals surface area (Å²) in [7, 11) is 0. The van der Waals surface area contributed by atoms with Crippen molar-refractivity contribution in [1.29, 1.82) is 0 Å². The maximum absolute atomic E-state index is 5.93. The van der Waals surface area contributed by atoms with E-state index >= 15 is 0 Å². The fourth-order valence-electron chi connectivity index (χ4n) is 1.57.